The van der Waals surface area contributed by atoms with Crippen molar-refractivity contribution in [3.8, 4) is 6.07 Å². The van der Waals surface area contributed by atoms with Gasteiger partial charge in [0.15, 0.2) is 0 Å². The zero-order valence-corrected chi connectivity index (χ0v) is 11.7. The van der Waals surface area contributed by atoms with Crippen LogP contribution in [0.1, 0.15) is 25.5 Å². The molecule has 4 heteroatoms. The van der Waals surface area contributed by atoms with Gasteiger partial charge in [0.1, 0.15) is 0 Å². The number of halogens is 1. The van der Waals surface area contributed by atoms with Crippen LogP contribution in [0.5, 0.6) is 0 Å². The van der Waals surface area contributed by atoms with Gasteiger partial charge in [0.2, 0.25) is 0 Å². The Morgan fingerprint density at radius 3 is 2.61 bits per heavy atom. The summed E-state index contributed by atoms with van der Waals surface area (Å²) < 4.78 is 0. The fourth-order valence-electron chi connectivity index (χ4n) is 2.09. The number of nitrogens with two attached hydrogens (primary N) is 1. The molecule has 0 aliphatic rings. The maximum absolute atomic E-state index is 8.92. The van der Waals surface area contributed by atoms with Crippen molar-refractivity contribution in [3.63, 3.8) is 0 Å². The monoisotopic (exact) mass is 265 g/mol. The summed E-state index contributed by atoms with van der Waals surface area (Å²) in [6, 6.07) is 10.1. The van der Waals surface area contributed by atoms with Crippen LogP contribution in [-0.2, 0) is 0 Å². The van der Waals surface area contributed by atoms with Gasteiger partial charge in [0.25, 0.3) is 0 Å². The van der Waals surface area contributed by atoms with E-state index >= 15 is 0 Å². The zero-order valence-electron chi connectivity index (χ0n) is 10.9. The van der Waals surface area contributed by atoms with Gasteiger partial charge in [0.05, 0.1) is 12.0 Å². The molecule has 0 aliphatic heterocycles. The highest BCUT2D eigenvalue weighted by Gasteiger charge is 2.21. The summed E-state index contributed by atoms with van der Waals surface area (Å²) in [5.74, 6) is -0.0125. The fourth-order valence-corrected chi connectivity index (χ4v) is 2.35. The first-order valence-corrected chi connectivity index (χ1v) is 6.60. The quantitative estimate of drug-likeness (QED) is 0.861. The van der Waals surface area contributed by atoms with E-state index in [0.29, 0.717) is 13.1 Å². The van der Waals surface area contributed by atoms with Crippen LogP contribution in [0.25, 0.3) is 0 Å². The van der Waals surface area contributed by atoms with Crippen molar-refractivity contribution in [2.24, 2.45) is 11.7 Å². The molecule has 0 saturated carbocycles. The average molecular weight is 266 g/mol. The third-order valence-electron chi connectivity index (χ3n) is 3.06. The lowest BCUT2D eigenvalue weighted by Crippen LogP contribution is -2.36. The molecule has 18 heavy (non-hydrogen) atoms. The van der Waals surface area contributed by atoms with Crippen LogP contribution < -0.4 is 5.73 Å². The molecule has 0 radical (unpaired) electrons. The van der Waals surface area contributed by atoms with Gasteiger partial charge in [-0.15, -0.1) is 0 Å². The average Bonchev–Trinajstić information content (AvgIpc) is 2.40. The SMILES string of the molecule is CCN(CC(C)C#N)C(CN)c1ccccc1Cl. The lowest BCUT2D eigenvalue weighted by molar-refractivity contribution is 0.198. The summed E-state index contributed by atoms with van der Waals surface area (Å²) >= 11 is 6.22. The lowest BCUT2D eigenvalue weighted by atomic mass is 10.0. The number of rotatable bonds is 6. The molecule has 1 aromatic rings. The smallest absolute Gasteiger partial charge is 0.0666 e. The summed E-state index contributed by atoms with van der Waals surface area (Å²) in [6.45, 7) is 6.04. The van der Waals surface area contributed by atoms with Crippen LogP contribution in [0.3, 0.4) is 0 Å². The fraction of sp³-hybridized carbons (Fsp3) is 0.500. The molecule has 0 heterocycles. The molecular formula is C14H20ClN3. The minimum atomic E-state index is -0.0125. The molecule has 3 nitrogen and oxygen atoms in total. The van der Waals surface area contributed by atoms with Crippen LogP contribution in [-0.4, -0.2) is 24.5 Å². The van der Waals surface area contributed by atoms with Gasteiger partial charge < -0.3 is 5.73 Å². The van der Waals surface area contributed by atoms with E-state index in [4.69, 9.17) is 22.6 Å². The molecule has 0 aliphatic carbocycles. The molecule has 0 amide bonds. The maximum Gasteiger partial charge on any atom is 0.0666 e. The summed E-state index contributed by atoms with van der Waals surface area (Å²) in [5, 5.41) is 9.66. The molecule has 2 N–H and O–H groups in total. The second kappa shape index (κ2) is 7.38. The third kappa shape index (κ3) is 3.71. The first-order chi connectivity index (χ1) is 8.63. The van der Waals surface area contributed by atoms with Crippen molar-refractivity contribution in [2.45, 2.75) is 19.9 Å². The van der Waals surface area contributed by atoms with Crippen LogP contribution in [0.15, 0.2) is 24.3 Å². The Kier molecular flexibility index (Phi) is 6.14. The van der Waals surface area contributed by atoms with E-state index in [9.17, 15) is 0 Å². The van der Waals surface area contributed by atoms with Gasteiger partial charge in [-0.3, -0.25) is 4.90 Å². The molecule has 2 unspecified atom stereocenters. The molecule has 1 aromatic carbocycles. The Labute approximate surface area is 114 Å². The Hall–Kier alpha value is -1.08. The van der Waals surface area contributed by atoms with E-state index in [1.165, 1.54) is 0 Å². The number of nitriles is 1. The molecule has 98 valence electrons. The van der Waals surface area contributed by atoms with Crippen LogP contribution in [0.4, 0.5) is 0 Å². The van der Waals surface area contributed by atoms with Crippen molar-refractivity contribution < 1.29 is 0 Å². The van der Waals surface area contributed by atoms with Gasteiger partial charge in [-0.25, -0.2) is 0 Å². The van der Waals surface area contributed by atoms with Crippen LogP contribution in [0.2, 0.25) is 5.02 Å². The topological polar surface area (TPSA) is 53.0 Å². The predicted molar refractivity (Wildman–Crippen MR) is 75.3 cm³/mol. The molecule has 0 saturated heterocycles. The summed E-state index contributed by atoms with van der Waals surface area (Å²) in [6.07, 6.45) is 0. The van der Waals surface area contributed by atoms with Crippen molar-refractivity contribution in [3.05, 3.63) is 34.9 Å². The first kappa shape index (κ1) is 15.0. The molecule has 0 fully saturated rings. The molecule has 0 bridgehead atoms. The van der Waals surface area contributed by atoms with Gasteiger partial charge >= 0.3 is 0 Å². The van der Waals surface area contributed by atoms with Gasteiger partial charge in [-0.1, -0.05) is 36.7 Å². The predicted octanol–water partition coefficient (Wildman–Crippen LogP) is 2.82. The second-order valence-electron chi connectivity index (χ2n) is 4.39. The molecular weight excluding hydrogens is 246 g/mol. The van der Waals surface area contributed by atoms with Crippen LogP contribution in [0, 0.1) is 17.2 Å². The maximum atomic E-state index is 8.92. The van der Waals surface area contributed by atoms with Crippen molar-refractivity contribution in [2.75, 3.05) is 19.6 Å². The highest BCUT2D eigenvalue weighted by atomic mass is 35.5. The molecule has 2 atom stereocenters. The van der Waals surface area contributed by atoms with Gasteiger partial charge in [-0.2, -0.15) is 5.26 Å². The standard InChI is InChI=1S/C14H20ClN3/c1-3-18(10-11(2)8-16)14(9-17)12-6-4-5-7-13(12)15/h4-7,11,14H,3,9-10,17H2,1-2H3. The zero-order chi connectivity index (χ0) is 13.5. The largest absolute Gasteiger partial charge is 0.329 e. The Morgan fingerprint density at radius 2 is 2.11 bits per heavy atom. The lowest BCUT2D eigenvalue weighted by Gasteiger charge is -2.31. The van der Waals surface area contributed by atoms with Crippen molar-refractivity contribution in [1.29, 1.82) is 5.26 Å². The number of hydrogen-bond donors (Lipinski definition) is 1. The van der Waals surface area contributed by atoms with E-state index < -0.39 is 0 Å². The number of nitrogens with zero attached hydrogens (tertiary/aromatic N) is 2. The van der Waals surface area contributed by atoms with Crippen molar-refractivity contribution >= 4 is 11.6 Å². The molecule has 0 aromatic heterocycles. The highest BCUT2D eigenvalue weighted by Crippen LogP contribution is 2.27. The first-order valence-electron chi connectivity index (χ1n) is 6.22. The van der Waals surface area contributed by atoms with Crippen molar-refractivity contribution in [1.82, 2.24) is 4.90 Å². The number of hydrogen-bond acceptors (Lipinski definition) is 3. The van der Waals surface area contributed by atoms with E-state index in [-0.39, 0.29) is 12.0 Å². The summed E-state index contributed by atoms with van der Waals surface area (Å²) in [7, 11) is 0. The van der Waals surface area contributed by atoms with E-state index in [0.717, 1.165) is 17.1 Å². The minimum absolute atomic E-state index is 0.0125. The van der Waals surface area contributed by atoms with E-state index in [1.807, 2.05) is 31.2 Å². The van der Waals surface area contributed by atoms with Gasteiger partial charge in [0, 0.05) is 24.2 Å². The normalized spacial score (nSPS) is 14.2. The summed E-state index contributed by atoms with van der Waals surface area (Å²) in [5.41, 5.74) is 6.92. The summed E-state index contributed by atoms with van der Waals surface area (Å²) in [4.78, 5) is 2.20. The molecule has 1 rings (SSSR count). The Morgan fingerprint density at radius 1 is 1.44 bits per heavy atom. The highest BCUT2D eigenvalue weighted by molar-refractivity contribution is 6.31. The Balaban J connectivity index is 2.94. The third-order valence-corrected chi connectivity index (χ3v) is 3.41. The number of likely N-dealkylation sites (N-methyl/N-ethyl adjacent to an activating group) is 1. The van der Waals surface area contributed by atoms with E-state index in [2.05, 4.69) is 17.9 Å². The van der Waals surface area contributed by atoms with Gasteiger partial charge in [-0.05, 0) is 25.1 Å². The molecule has 0 spiro atoms. The second-order valence-corrected chi connectivity index (χ2v) is 4.80. The Bertz CT molecular complexity index is 414. The van der Waals surface area contributed by atoms with E-state index in [1.54, 1.807) is 0 Å². The van der Waals surface area contributed by atoms with Crippen LogP contribution >= 0.6 is 11.6 Å². The minimum Gasteiger partial charge on any atom is -0.329 e. The number of benzene rings is 1.